The molecule has 0 spiro atoms. The third-order valence-corrected chi connectivity index (χ3v) is 3.88. The Hall–Kier alpha value is -2.19. The molecule has 0 saturated heterocycles. The molecule has 0 fully saturated rings. The molecule has 0 bridgehead atoms. The van der Waals surface area contributed by atoms with Gasteiger partial charge >= 0.3 is 0 Å². The second-order valence-corrected chi connectivity index (χ2v) is 6.44. The number of carbonyl (C=O) groups excluding carboxylic acids is 1. The van der Waals surface area contributed by atoms with Crippen LogP contribution in [0.25, 0.3) is 0 Å². The number of rotatable bonds is 3. The predicted octanol–water partition coefficient (Wildman–Crippen LogP) is 4.52. The zero-order valence-corrected chi connectivity index (χ0v) is 14.9. The third kappa shape index (κ3) is 4.90. The summed E-state index contributed by atoms with van der Waals surface area (Å²) in [5.74, 6) is 4.10. The van der Waals surface area contributed by atoms with E-state index in [1.165, 1.54) is 35.2 Å². The van der Waals surface area contributed by atoms with Gasteiger partial charge in [-0.25, -0.2) is 8.78 Å². The third-order valence-electron chi connectivity index (χ3n) is 3.39. The zero-order valence-electron chi connectivity index (χ0n) is 13.3. The number of hydrogen-bond acceptors (Lipinski definition) is 1. The van der Waals surface area contributed by atoms with Crippen molar-refractivity contribution < 1.29 is 13.6 Å². The normalized spacial score (nSPS) is 10.2. The molecule has 2 aromatic carbocycles. The Kier molecular flexibility index (Phi) is 6.10. The van der Waals surface area contributed by atoms with Gasteiger partial charge in [-0.15, -0.1) is 0 Å². The Morgan fingerprint density at radius 2 is 1.83 bits per heavy atom. The quantitative estimate of drug-likeness (QED) is 0.704. The Morgan fingerprint density at radius 3 is 2.46 bits per heavy atom. The molecule has 0 aliphatic carbocycles. The summed E-state index contributed by atoms with van der Waals surface area (Å²) in [6.07, 6.45) is 0. The minimum atomic E-state index is -0.409. The van der Waals surface area contributed by atoms with Crippen LogP contribution < -0.4 is 0 Å². The first-order chi connectivity index (χ1) is 11.4. The lowest BCUT2D eigenvalue weighted by Gasteiger charge is -2.24. The van der Waals surface area contributed by atoms with Crippen LogP contribution in [0.1, 0.15) is 25.0 Å². The van der Waals surface area contributed by atoms with Crippen LogP contribution in [-0.2, 0) is 11.3 Å². The Balaban J connectivity index is 2.20. The first kappa shape index (κ1) is 18.2. The standard InChI is InChI=1S/C19H16BrF2NO/c1-13(2)23(12-15-11-16(20)6-9-18(15)22)19(24)10-5-14-3-7-17(21)8-4-14/h3-4,6-9,11,13H,12H2,1-2H3. The molecule has 5 heteroatoms. The lowest BCUT2D eigenvalue weighted by molar-refractivity contribution is -0.127. The number of hydrogen-bond donors (Lipinski definition) is 0. The minimum absolute atomic E-state index is 0.125. The molecule has 0 aliphatic heterocycles. The van der Waals surface area contributed by atoms with E-state index in [2.05, 4.69) is 27.8 Å². The van der Waals surface area contributed by atoms with Gasteiger partial charge in [-0.05, 0) is 56.3 Å². The van der Waals surface area contributed by atoms with Crippen molar-refractivity contribution in [2.24, 2.45) is 0 Å². The summed E-state index contributed by atoms with van der Waals surface area (Å²) in [5.41, 5.74) is 0.956. The van der Waals surface area contributed by atoms with E-state index in [0.29, 0.717) is 11.1 Å². The van der Waals surface area contributed by atoms with Gasteiger partial charge in [0.15, 0.2) is 0 Å². The summed E-state index contributed by atoms with van der Waals surface area (Å²) in [6, 6.07) is 10.0. The number of halogens is 3. The number of nitrogens with zero attached hydrogens (tertiary/aromatic N) is 1. The SMILES string of the molecule is CC(C)N(Cc1cc(Br)ccc1F)C(=O)C#Cc1ccc(F)cc1. The van der Waals surface area contributed by atoms with E-state index in [4.69, 9.17) is 0 Å². The summed E-state index contributed by atoms with van der Waals surface area (Å²) in [5, 5.41) is 0. The highest BCUT2D eigenvalue weighted by Crippen LogP contribution is 2.18. The molecule has 2 nitrogen and oxygen atoms in total. The van der Waals surface area contributed by atoms with Gasteiger partial charge in [0.05, 0.1) is 0 Å². The van der Waals surface area contributed by atoms with Crippen LogP contribution in [0.2, 0.25) is 0 Å². The lowest BCUT2D eigenvalue weighted by atomic mass is 10.1. The molecule has 0 atom stereocenters. The van der Waals surface area contributed by atoms with Crippen molar-refractivity contribution in [3.05, 3.63) is 69.7 Å². The van der Waals surface area contributed by atoms with Gasteiger partial charge in [-0.2, -0.15) is 0 Å². The van der Waals surface area contributed by atoms with Gasteiger partial charge in [0, 0.05) is 34.1 Å². The summed E-state index contributed by atoms with van der Waals surface area (Å²) >= 11 is 3.30. The van der Waals surface area contributed by atoms with Crippen molar-refractivity contribution in [2.75, 3.05) is 0 Å². The van der Waals surface area contributed by atoms with E-state index in [1.54, 1.807) is 12.1 Å². The van der Waals surface area contributed by atoms with Crippen LogP contribution in [0.15, 0.2) is 46.9 Å². The molecule has 124 valence electrons. The van der Waals surface area contributed by atoms with Crippen LogP contribution in [-0.4, -0.2) is 16.8 Å². The number of amides is 1. The van der Waals surface area contributed by atoms with Gasteiger partial charge in [0.2, 0.25) is 0 Å². The first-order valence-corrected chi connectivity index (χ1v) is 8.18. The molecule has 24 heavy (non-hydrogen) atoms. The van der Waals surface area contributed by atoms with Gasteiger partial charge in [-0.1, -0.05) is 21.9 Å². The van der Waals surface area contributed by atoms with E-state index in [1.807, 2.05) is 13.8 Å². The average molecular weight is 392 g/mol. The second-order valence-electron chi connectivity index (χ2n) is 5.52. The molecule has 2 rings (SSSR count). The first-order valence-electron chi connectivity index (χ1n) is 7.39. The Labute approximate surface area is 148 Å². The van der Waals surface area contributed by atoms with E-state index >= 15 is 0 Å². The van der Waals surface area contributed by atoms with Gasteiger partial charge < -0.3 is 4.90 Å². The number of carbonyl (C=O) groups is 1. The highest BCUT2D eigenvalue weighted by Gasteiger charge is 2.17. The van der Waals surface area contributed by atoms with Crippen molar-refractivity contribution >= 4 is 21.8 Å². The summed E-state index contributed by atoms with van der Waals surface area (Å²) in [4.78, 5) is 13.9. The van der Waals surface area contributed by atoms with Crippen molar-refractivity contribution in [1.82, 2.24) is 4.90 Å². The largest absolute Gasteiger partial charge is 0.325 e. The molecule has 0 radical (unpaired) electrons. The molecular weight excluding hydrogens is 376 g/mol. The molecule has 0 aliphatic rings. The smallest absolute Gasteiger partial charge is 0.299 e. The van der Waals surface area contributed by atoms with Crippen LogP contribution in [0.4, 0.5) is 8.78 Å². The van der Waals surface area contributed by atoms with E-state index < -0.39 is 5.91 Å². The Morgan fingerprint density at radius 1 is 1.17 bits per heavy atom. The maximum Gasteiger partial charge on any atom is 0.299 e. The van der Waals surface area contributed by atoms with Crippen LogP contribution >= 0.6 is 15.9 Å². The van der Waals surface area contributed by atoms with Gasteiger partial charge in [0.25, 0.3) is 5.91 Å². The fourth-order valence-corrected chi connectivity index (χ4v) is 2.48. The molecule has 2 aromatic rings. The van der Waals surface area contributed by atoms with Gasteiger partial charge in [-0.3, -0.25) is 4.79 Å². The van der Waals surface area contributed by atoms with Crippen LogP contribution in [0.5, 0.6) is 0 Å². The molecular formula is C19H16BrF2NO. The highest BCUT2D eigenvalue weighted by atomic mass is 79.9. The van der Waals surface area contributed by atoms with Crippen LogP contribution in [0, 0.1) is 23.5 Å². The van der Waals surface area contributed by atoms with E-state index in [9.17, 15) is 13.6 Å². The monoisotopic (exact) mass is 391 g/mol. The van der Waals surface area contributed by atoms with Crippen LogP contribution in [0.3, 0.4) is 0 Å². The molecule has 0 heterocycles. The summed E-state index contributed by atoms with van der Waals surface area (Å²) in [6.45, 7) is 3.81. The lowest BCUT2D eigenvalue weighted by Crippen LogP contribution is -2.35. The molecule has 0 unspecified atom stereocenters. The van der Waals surface area contributed by atoms with E-state index in [0.717, 1.165) is 4.47 Å². The molecule has 0 aromatic heterocycles. The van der Waals surface area contributed by atoms with Crippen molar-refractivity contribution in [3.8, 4) is 11.8 Å². The highest BCUT2D eigenvalue weighted by molar-refractivity contribution is 9.10. The maximum absolute atomic E-state index is 13.9. The zero-order chi connectivity index (χ0) is 17.7. The molecule has 0 N–H and O–H groups in total. The minimum Gasteiger partial charge on any atom is -0.325 e. The summed E-state index contributed by atoms with van der Waals surface area (Å²) < 4.78 is 27.5. The summed E-state index contributed by atoms with van der Waals surface area (Å²) in [7, 11) is 0. The Bertz CT molecular complexity index is 791. The van der Waals surface area contributed by atoms with E-state index in [-0.39, 0.29) is 24.2 Å². The fourth-order valence-electron chi connectivity index (χ4n) is 2.07. The average Bonchev–Trinajstić information content (AvgIpc) is 2.54. The number of benzene rings is 2. The van der Waals surface area contributed by atoms with Crippen molar-refractivity contribution in [2.45, 2.75) is 26.4 Å². The molecule has 1 amide bonds. The second kappa shape index (κ2) is 8.07. The topological polar surface area (TPSA) is 20.3 Å². The maximum atomic E-state index is 13.9. The molecule has 0 saturated carbocycles. The fraction of sp³-hybridized carbons (Fsp3) is 0.211. The predicted molar refractivity (Wildman–Crippen MR) is 93.1 cm³/mol. The van der Waals surface area contributed by atoms with Crippen molar-refractivity contribution in [3.63, 3.8) is 0 Å². The van der Waals surface area contributed by atoms with Gasteiger partial charge in [0.1, 0.15) is 11.6 Å². The van der Waals surface area contributed by atoms with Crippen molar-refractivity contribution in [1.29, 1.82) is 0 Å².